The number of imidazole rings is 1. The third kappa shape index (κ3) is 1.46. The van der Waals surface area contributed by atoms with Crippen molar-refractivity contribution in [3.8, 4) is 5.69 Å². The molecule has 0 spiro atoms. The number of nitrogens with two attached hydrogens (primary N) is 1. The minimum Gasteiger partial charge on any atom is -0.369 e. The van der Waals surface area contributed by atoms with Crippen LogP contribution in [0.3, 0.4) is 0 Å². The summed E-state index contributed by atoms with van der Waals surface area (Å²) < 4.78 is 1.97. The maximum atomic E-state index is 6.03. The Morgan fingerprint density at radius 3 is 2.83 bits per heavy atom. The van der Waals surface area contributed by atoms with Gasteiger partial charge in [0, 0.05) is 6.20 Å². The summed E-state index contributed by atoms with van der Waals surface area (Å²) in [6.45, 7) is 4.19. The molecule has 0 amide bonds. The van der Waals surface area contributed by atoms with E-state index in [4.69, 9.17) is 5.73 Å². The van der Waals surface area contributed by atoms with Crippen LogP contribution in [0.4, 0.5) is 5.95 Å². The van der Waals surface area contributed by atoms with Crippen molar-refractivity contribution in [2.45, 2.75) is 13.8 Å². The summed E-state index contributed by atoms with van der Waals surface area (Å²) >= 11 is 0. The van der Waals surface area contributed by atoms with Crippen molar-refractivity contribution in [1.82, 2.24) is 14.5 Å². The summed E-state index contributed by atoms with van der Waals surface area (Å²) in [5, 5.41) is 0. The highest BCUT2D eigenvalue weighted by atomic mass is 15.2. The average molecular weight is 238 g/mol. The van der Waals surface area contributed by atoms with E-state index in [1.165, 1.54) is 11.1 Å². The summed E-state index contributed by atoms with van der Waals surface area (Å²) in [5.74, 6) is 0.492. The lowest BCUT2D eigenvalue weighted by atomic mass is 10.1. The zero-order valence-corrected chi connectivity index (χ0v) is 10.4. The molecular weight excluding hydrogens is 224 g/mol. The van der Waals surface area contributed by atoms with Gasteiger partial charge in [-0.15, -0.1) is 0 Å². The Kier molecular flexibility index (Phi) is 2.30. The van der Waals surface area contributed by atoms with Gasteiger partial charge in [-0.1, -0.05) is 12.1 Å². The zero-order valence-electron chi connectivity index (χ0n) is 10.4. The van der Waals surface area contributed by atoms with Crippen molar-refractivity contribution in [2.24, 2.45) is 0 Å². The van der Waals surface area contributed by atoms with Crippen LogP contribution in [-0.4, -0.2) is 14.5 Å². The van der Waals surface area contributed by atoms with E-state index in [1.807, 2.05) is 16.7 Å². The Morgan fingerprint density at radius 1 is 1.17 bits per heavy atom. The van der Waals surface area contributed by atoms with Crippen LogP contribution in [0.1, 0.15) is 11.1 Å². The van der Waals surface area contributed by atoms with E-state index >= 15 is 0 Å². The van der Waals surface area contributed by atoms with Gasteiger partial charge in [-0.05, 0) is 37.1 Å². The number of hydrogen-bond acceptors (Lipinski definition) is 3. The standard InChI is InChI=1S/C14H14N4/c1-9-4-3-5-12(10(9)2)18-13-6-7-16-8-11(13)17-14(18)15/h3-8H,1-2H3,(H2,15,17). The fourth-order valence-electron chi connectivity index (χ4n) is 2.18. The van der Waals surface area contributed by atoms with Crippen molar-refractivity contribution < 1.29 is 0 Å². The first kappa shape index (κ1) is 10.8. The van der Waals surface area contributed by atoms with Gasteiger partial charge in [0.2, 0.25) is 5.95 Å². The SMILES string of the molecule is Cc1cccc(-n2c(N)nc3cnccc32)c1C. The van der Waals surface area contributed by atoms with E-state index in [0.717, 1.165) is 16.7 Å². The molecule has 2 aromatic heterocycles. The highest BCUT2D eigenvalue weighted by Gasteiger charge is 2.12. The van der Waals surface area contributed by atoms with E-state index in [1.54, 1.807) is 12.4 Å². The van der Waals surface area contributed by atoms with Crippen molar-refractivity contribution in [3.05, 3.63) is 47.8 Å². The Labute approximate surface area is 105 Å². The summed E-state index contributed by atoms with van der Waals surface area (Å²) in [6, 6.07) is 8.11. The van der Waals surface area contributed by atoms with Crippen molar-refractivity contribution in [3.63, 3.8) is 0 Å². The maximum absolute atomic E-state index is 6.03. The largest absolute Gasteiger partial charge is 0.369 e. The number of fused-ring (bicyclic) bond motifs is 1. The molecule has 0 saturated carbocycles. The molecule has 0 aliphatic rings. The van der Waals surface area contributed by atoms with Crippen LogP contribution in [0.25, 0.3) is 16.7 Å². The smallest absolute Gasteiger partial charge is 0.205 e. The maximum Gasteiger partial charge on any atom is 0.205 e. The first-order chi connectivity index (χ1) is 8.68. The number of nitrogens with zero attached hydrogens (tertiary/aromatic N) is 3. The number of hydrogen-bond donors (Lipinski definition) is 1. The van der Waals surface area contributed by atoms with Crippen LogP contribution in [0.15, 0.2) is 36.7 Å². The second-order valence-electron chi connectivity index (χ2n) is 4.39. The van der Waals surface area contributed by atoms with Gasteiger partial charge in [0.25, 0.3) is 0 Å². The van der Waals surface area contributed by atoms with Crippen molar-refractivity contribution >= 4 is 17.0 Å². The van der Waals surface area contributed by atoms with E-state index in [2.05, 4.69) is 35.9 Å². The second-order valence-corrected chi connectivity index (χ2v) is 4.39. The number of aromatic nitrogens is 3. The van der Waals surface area contributed by atoms with Gasteiger partial charge >= 0.3 is 0 Å². The molecule has 0 saturated heterocycles. The van der Waals surface area contributed by atoms with Gasteiger partial charge in [-0.2, -0.15) is 0 Å². The summed E-state index contributed by atoms with van der Waals surface area (Å²) in [7, 11) is 0. The Bertz CT molecular complexity index is 728. The Balaban J connectivity index is 2.38. The molecular formula is C14H14N4. The lowest BCUT2D eigenvalue weighted by Crippen LogP contribution is -2.03. The molecule has 4 heteroatoms. The van der Waals surface area contributed by atoms with Gasteiger partial charge in [0.05, 0.1) is 17.4 Å². The molecule has 2 N–H and O–H groups in total. The molecule has 3 aromatic rings. The molecule has 0 aliphatic heterocycles. The quantitative estimate of drug-likeness (QED) is 0.709. The molecule has 90 valence electrons. The molecule has 0 fully saturated rings. The monoisotopic (exact) mass is 238 g/mol. The Hall–Kier alpha value is -2.36. The fraction of sp³-hybridized carbons (Fsp3) is 0.143. The second kappa shape index (κ2) is 3.84. The van der Waals surface area contributed by atoms with Crippen LogP contribution in [-0.2, 0) is 0 Å². The van der Waals surface area contributed by atoms with Crippen LogP contribution >= 0.6 is 0 Å². The third-order valence-corrected chi connectivity index (χ3v) is 3.30. The van der Waals surface area contributed by atoms with Gasteiger partial charge in [0.15, 0.2) is 0 Å². The van der Waals surface area contributed by atoms with Crippen molar-refractivity contribution in [2.75, 3.05) is 5.73 Å². The van der Waals surface area contributed by atoms with Crippen LogP contribution < -0.4 is 5.73 Å². The number of aryl methyl sites for hydroxylation is 1. The topological polar surface area (TPSA) is 56.7 Å². The summed E-state index contributed by atoms with van der Waals surface area (Å²) in [5.41, 5.74) is 11.3. The van der Waals surface area contributed by atoms with Gasteiger partial charge < -0.3 is 5.73 Å². The van der Waals surface area contributed by atoms with Crippen LogP contribution in [0.2, 0.25) is 0 Å². The molecule has 2 heterocycles. The van der Waals surface area contributed by atoms with Gasteiger partial charge in [-0.3, -0.25) is 9.55 Å². The predicted molar refractivity (Wildman–Crippen MR) is 72.8 cm³/mol. The molecule has 18 heavy (non-hydrogen) atoms. The molecule has 0 unspecified atom stereocenters. The highest BCUT2D eigenvalue weighted by Crippen LogP contribution is 2.25. The average Bonchev–Trinajstić information content (AvgIpc) is 2.69. The van der Waals surface area contributed by atoms with E-state index in [-0.39, 0.29) is 0 Å². The van der Waals surface area contributed by atoms with Crippen molar-refractivity contribution in [1.29, 1.82) is 0 Å². The molecule has 0 bridgehead atoms. The molecule has 3 rings (SSSR count). The van der Waals surface area contributed by atoms with Gasteiger partial charge in [0.1, 0.15) is 5.52 Å². The number of nitrogen functional groups attached to an aromatic ring is 1. The molecule has 4 nitrogen and oxygen atoms in total. The molecule has 0 atom stereocenters. The third-order valence-electron chi connectivity index (χ3n) is 3.30. The molecule has 0 radical (unpaired) electrons. The van der Waals surface area contributed by atoms with Gasteiger partial charge in [-0.25, -0.2) is 4.98 Å². The van der Waals surface area contributed by atoms with Crippen LogP contribution in [0, 0.1) is 13.8 Å². The molecule has 0 aliphatic carbocycles. The summed E-state index contributed by atoms with van der Waals surface area (Å²) in [6.07, 6.45) is 3.48. The highest BCUT2D eigenvalue weighted by molar-refractivity contribution is 5.80. The normalized spacial score (nSPS) is 11.0. The number of pyridine rings is 1. The number of benzene rings is 1. The van der Waals surface area contributed by atoms with E-state index in [9.17, 15) is 0 Å². The minimum atomic E-state index is 0.492. The Morgan fingerprint density at radius 2 is 2.00 bits per heavy atom. The summed E-state index contributed by atoms with van der Waals surface area (Å²) in [4.78, 5) is 8.41. The zero-order chi connectivity index (χ0) is 12.7. The van der Waals surface area contributed by atoms with E-state index in [0.29, 0.717) is 5.95 Å². The number of rotatable bonds is 1. The minimum absolute atomic E-state index is 0.492. The van der Waals surface area contributed by atoms with Crippen LogP contribution in [0.5, 0.6) is 0 Å². The molecule has 1 aromatic carbocycles. The lowest BCUT2D eigenvalue weighted by molar-refractivity contribution is 1.08. The number of anilines is 1. The van der Waals surface area contributed by atoms with E-state index < -0.39 is 0 Å². The lowest BCUT2D eigenvalue weighted by Gasteiger charge is -2.11. The first-order valence-corrected chi connectivity index (χ1v) is 5.83. The fourth-order valence-corrected chi connectivity index (χ4v) is 2.18. The first-order valence-electron chi connectivity index (χ1n) is 5.83. The predicted octanol–water partition coefficient (Wildman–Crippen LogP) is 2.62.